The lowest BCUT2D eigenvalue weighted by molar-refractivity contribution is 0.413. The molecule has 0 saturated heterocycles. The first kappa shape index (κ1) is 16.5. The Bertz CT molecular complexity index is 981. The normalized spacial score (nSPS) is 12.5. The van der Waals surface area contributed by atoms with Gasteiger partial charge in [-0.25, -0.2) is 8.42 Å². The van der Waals surface area contributed by atoms with Gasteiger partial charge in [0, 0.05) is 11.3 Å². The predicted molar refractivity (Wildman–Crippen MR) is 77.0 cm³/mol. The molecule has 10 heteroatoms. The molecule has 2 aromatic heterocycles. The van der Waals surface area contributed by atoms with Crippen LogP contribution in [0.2, 0.25) is 0 Å². The van der Waals surface area contributed by atoms with Crippen molar-refractivity contribution in [2.75, 3.05) is 5.75 Å². The number of furan rings is 1. The number of hydrogen-bond acceptors (Lipinski definition) is 6. The van der Waals surface area contributed by atoms with E-state index in [1.54, 1.807) is 0 Å². The Kier molecular flexibility index (Phi) is 4.02. The van der Waals surface area contributed by atoms with E-state index in [1.165, 1.54) is 19.9 Å². The number of rotatable bonds is 4. The number of sulfone groups is 1. The highest BCUT2D eigenvalue weighted by Gasteiger charge is 2.21. The third-order valence-corrected chi connectivity index (χ3v) is 5.48. The van der Waals surface area contributed by atoms with Crippen molar-refractivity contribution in [3.05, 3.63) is 34.2 Å². The maximum absolute atomic E-state index is 11.9. The third kappa shape index (κ3) is 2.98. The molecule has 0 amide bonds. The lowest BCUT2D eigenvalue weighted by atomic mass is 10.1. The number of aryl methyl sites for hydroxylation is 1. The third-order valence-electron chi connectivity index (χ3n) is 3.02. The first-order chi connectivity index (χ1) is 10.1. The van der Waals surface area contributed by atoms with E-state index in [4.69, 9.17) is 8.97 Å². The van der Waals surface area contributed by atoms with Gasteiger partial charge in [0.1, 0.15) is 10.7 Å². The minimum atomic E-state index is -4.51. The number of H-pyrrole nitrogens is 1. The molecule has 0 aliphatic rings. The summed E-state index contributed by atoms with van der Waals surface area (Å²) in [5, 5.41) is -0.673. The average Bonchev–Trinajstić information content (AvgIpc) is 2.87. The first-order valence-electron chi connectivity index (χ1n) is 6.10. The Balaban J connectivity index is 2.69. The van der Waals surface area contributed by atoms with Crippen molar-refractivity contribution in [1.29, 1.82) is 0 Å². The van der Waals surface area contributed by atoms with Crippen LogP contribution in [0.15, 0.2) is 37.4 Å². The van der Waals surface area contributed by atoms with Crippen molar-refractivity contribution in [3.63, 3.8) is 0 Å². The summed E-state index contributed by atoms with van der Waals surface area (Å²) in [5.41, 5.74) is -0.248. The van der Waals surface area contributed by atoms with Crippen molar-refractivity contribution in [1.82, 2.24) is 4.98 Å². The second-order valence-corrected chi connectivity index (χ2v) is 8.10. The van der Waals surface area contributed by atoms with Crippen LogP contribution in [-0.4, -0.2) is 32.1 Å². The molecule has 0 fully saturated rings. The molecule has 0 radical (unpaired) electrons. The molecule has 2 heterocycles. The summed E-state index contributed by atoms with van der Waals surface area (Å²) in [6.07, 6.45) is 0. The Morgan fingerprint density at radius 2 is 1.86 bits per heavy atom. The molecule has 2 N–H and O–H groups in total. The molecule has 2 aromatic rings. The summed E-state index contributed by atoms with van der Waals surface area (Å²) in [5.74, 6) is -0.249. The second kappa shape index (κ2) is 5.38. The lowest BCUT2D eigenvalue weighted by Gasteiger charge is -2.06. The fraction of sp³-hybridized carbons (Fsp3) is 0.250. The predicted octanol–water partition coefficient (Wildman–Crippen LogP) is 0.984. The van der Waals surface area contributed by atoms with Crippen molar-refractivity contribution >= 4 is 20.0 Å². The first-order valence-corrected chi connectivity index (χ1v) is 9.20. The summed E-state index contributed by atoms with van der Waals surface area (Å²) in [6.45, 7) is 2.91. The van der Waals surface area contributed by atoms with E-state index >= 15 is 0 Å². The van der Waals surface area contributed by atoms with Crippen molar-refractivity contribution < 1.29 is 25.8 Å². The van der Waals surface area contributed by atoms with Gasteiger partial charge in [0.05, 0.1) is 5.75 Å². The largest absolute Gasteiger partial charge is 0.442 e. The number of nitrogens with one attached hydrogen (secondary N) is 1. The van der Waals surface area contributed by atoms with E-state index < -0.39 is 35.5 Å². The van der Waals surface area contributed by atoms with E-state index in [2.05, 4.69) is 4.98 Å². The van der Waals surface area contributed by atoms with Gasteiger partial charge in [0.2, 0.25) is 5.09 Å². The van der Waals surface area contributed by atoms with Crippen LogP contribution in [0.1, 0.15) is 12.6 Å². The number of aromatic nitrogens is 1. The van der Waals surface area contributed by atoms with Crippen LogP contribution in [0.4, 0.5) is 0 Å². The van der Waals surface area contributed by atoms with Crippen LogP contribution in [0.3, 0.4) is 0 Å². The minimum absolute atomic E-state index is 0.00827. The van der Waals surface area contributed by atoms with Crippen LogP contribution in [0.25, 0.3) is 11.3 Å². The average molecular weight is 347 g/mol. The molecule has 2 rings (SSSR count). The highest BCUT2D eigenvalue weighted by molar-refractivity contribution is 7.91. The summed E-state index contributed by atoms with van der Waals surface area (Å²) in [4.78, 5) is 13.7. The number of pyridine rings is 1. The molecule has 0 aliphatic heterocycles. The summed E-state index contributed by atoms with van der Waals surface area (Å²) in [6, 6.07) is 3.41. The molecule has 0 aromatic carbocycles. The summed E-state index contributed by atoms with van der Waals surface area (Å²) < 4.78 is 59.7. The van der Waals surface area contributed by atoms with Crippen LogP contribution in [0, 0.1) is 6.92 Å². The minimum Gasteiger partial charge on any atom is -0.442 e. The number of hydrogen-bond donors (Lipinski definition) is 2. The maximum atomic E-state index is 11.9. The topological polar surface area (TPSA) is 135 Å². The standard InChI is InChI=1S/C12H13NO7S2/c1-3-21(15,16)10-6-8(7(2)13-12(10)14)9-4-5-11(20-9)22(17,18)19/h4-6H,3H2,1-2H3,(H,13,14)(H,17,18,19). The van der Waals surface area contributed by atoms with Gasteiger partial charge in [-0.05, 0) is 25.1 Å². The molecular formula is C12H13NO7S2. The number of aromatic amines is 1. The van der Waals surface area contributed by atoms with E-state index in [-0.39, 0.29) is 17.1 Å². The molecule has 0 atom stereocenters. The fourth-order valence-corrected chi connectivity index (χ4v) is 3.23. The van der Waals surface area contributed by atoms with Crippen molar-refractivity contribution in [2.24, 2.45) is 0 Å². The molecule has 0 spiro atoms. The van der Waals surface area contributed by atoms with Gasteiger partial charge >= 0.3 is 10.1 Å². The zero-order valence-corrected chi connectivity index (χ0v) is 13.3. The van der Waals surface area contributed by atoms with Crippen LogP contribution < -0.4 is 5.56 Å². The molecule has 8 nitrogen and oxygen atoms in total. The van der Waals surface area contributed by atoms with Gasteiger partial charge in [-0.2, -0.15) is 8.42 Å². The van der Waals surface area contributed by atoms with Gasteiger partial charge in [0.15, 0.2) is 9.84 Å². The molecule has 22 heavy (non-hydrogen) atoms. The summed E-state index contributed by atoms with van der Waals surface area (Å²) >= 11 is 0. The van der Waals surface area contributed by atoms with E-state index in [0.29, 0.717) is 5.69 Å². The monoisotopic (exact) mass is 347 g/mol. The molecule has 0 unspecified atom stereocenters. The Hall–Kier alpha value is -1.91. The zero-order valence-electron chi connectivity index (χ0n) is 11.7. The molecule has 0 saturated carbocycles. The zero-order chi connectivity index (χ0) is 16.7. The molecule has 0 aliphatic carbocycles. The maximum Gasteiger partial charge on any atom is 0.328 e. The Morgan fingerprint density at radius 3 is 2.36 bits per heavy atom. The Morgan fingerprint density at radius 1 is 1.23 bits per heavy atom. The van der Waals surface area contributed by atoms with E-state index in [9.17, 15) is 21.6 Å². The smallest absolute Gasteiger partial charge is 0.328 e. The highest BCUT2D eigenvalue weighted by Crippen LogP contribution is 2.27. The second-order valence-electron chi connectivity index (χ2n) is 4.50. The SMILES string of the molecule is CCS(=O)(=O)c1cc(-c2ccc(S(=O)(=O)O)o2)c(C)[nH]c1=O. The lowest BCUT2D eigenvalue weighted by Crippen LogP contribution is -2.20. The summed E-state index contributed by atoms with van der Waals surface area (Å²) in [7, 11) is -8.26. The van der Waals surface area contributed by atoms with Gasteiger partial charge < -0.3 is 9.40 Å². The van der Waals surface area contributed by atoms with Crippen LogP contribution in [-0.2, 0) is 20.0 Å². The van der Waals surface area contributed by atoms with Gasteiger partial charge in [0.25, 0.3) is 5.56 Å². The van der Waals surface area contributed by atoms with E-state index in [1.807, 2.05) is 0 Å². The quantitative estimate of drug-likeness (QED) is 0.787. The van der Waals surface area contributed by atoms with Gasteiger partial charge in [-0.1, -0.05) is 6.92 Å². The van der Waals surface area contributed by atoms with Crippen LogP contribution in [0.5, 0.6) is 0 Å². The molecule has 120 valence electrons. The van der Waals surface area contributed by atoms with Crippen molar-refractivity contribution in [2.45, 2.75) is 23.8 Å². The van der Waals surface area contributed by atoms with Gasteiger partial charge in [-0.3, -0.25) is 9.35 Å². The molecular weight excluding hydrogens is 334 g/mol. The fourth-order valence-electron chi connectivity index (χ4n) is 1.85. The Labute approximate surface area is 126 Å². The highest BCUT2D eigenvalue weighted by atomic mass is 32.2. The molecule has 0 bridgehead atoms. The van der Waals surface area contributed by atoms with Crippen LogP contribution >= 0.6 is 0 Å². The van der Waals surface area contributed by atoms with E-state index in [0.717, 1.165) is 12.1 Å². The van der Waals surface area contributed by atoms with Crippen molar-refractivity contribution in [3.8, 4) is 11.3 Å². The van der Waals surface area contributed by atoms with Gasteiger partial charge in [-0.15, -0.1) is 0 Å².